The van der Waals surface area contributed by atoms with E-state index in [1.165, 1.54) is 12.8 Å². The summed E-state index contributed by atoms with van der Waals surface area (Å²) in [6.07, 6.45) is 5.14. The number of carbonyl (C=O) groups is 2. The second kappa shape index (κ2) is 8.36. The standard InChI is InChI=1S/C22H30ClN5O2/c23-16-4-3-5-17(13-16)26-8-10-27(11-9-26)22(30)15-12-20(29)28(14-15)21-18-6-1-2-7-19(18)24-25-21/h3-5,13,15,18-19,21,24-25H,1-2,6-12,14H2. The molecule has 1 aliphatic carbocycles. The van der Waals surface area contributed by atoms with E-state index in [1.54, 1.807) is 0 Å². The van der Waals surface area contributed by atoms with Crippen molar-refractivity contribution >= 4 is 29.1 Å². The lowest BCUT2D eigenvalue weighted by Crippen LogP contribution is -2.51. The van der Waals surface area contributed by atoms with Crippen molar-refractivity contribution in [2.24, 2.45) is 11.8 Å². The minimum Gasteiger partial charge on any atom is -0.368 e. The molecule has 7 nitrogen and oxygen atoms in total. The van der Waals surface area contributed by atoms with Crippen LogP contribution in [0.2, 0.25) is 5.02 Å². The molecule has 5 rings (SSSR count). The van der Waals surface area contributed by atoms with Crippen LogP contribution in [-0.2, 0) is 9.59 Å². The lowest BCUT2D eigenvalue weighted by atomic mass is 9.84. The number of anilines is 1. The maximum absolute atomic E-state index is 13.2. The Labute approximate surface area is 182 Å². The van der Waals surface area contributed by atoms with Crippen LogP contribution in [0.25, 0.3) is 0 Å². The first-order valence-corrected chi connectivity index (χ1v) is 11.6. The lowest BCUT2D eigenvalue weighted by molar-refractivity contribution is -0.136. The lowest BCUT2D eigenvalue weighted by Gasteiger charge is -2.37. The van der Waals surface area contributed by atoms with Gasteiger partial charge in [0, 0.05) is 61.8 Å². The normalized spacial score (nSPS) is 31.9. The van der Waals surface area contributed by atoms with Gasteiger partial charge in [0.2, 0.25) is 11.8 Å². The van der Waals surface area contributed by atoms with Crippen molar-refractivity contribution in [2.45, 2.75) is 44.3 Å². The first-order valence-electron chi connectivity index (χ1n) is 11.2. The molecule has 0 bridgehead atoms. The highest BCUT2D eigenvalue weighted by Crippen LogP contribution is 2.34. The minimum atomic E-state index is -0.223. The number of hydrogen-bond acceptors (Lipinski definition) is 5. The molecule has 3 heterocycles. The molecule has 1 aromatic rings. The van der Waals surface area contributed by atoms with E-state index in [0.29, 0.717) is 38.0 Å². The Morgan fingerprint density at radius 2 is 1.87 bits per heavy atom. The number of amides is 2. The maximum Gasteiger partial charge on any atom is 0.228 e. The van der Waals surface area contributed by atoms with Crippen LogP contribution < -0.4 is 15.8 Å². The van der Waals surface area contributed by atoms with Crippen molar-refractivity contribution in [3.63, 3.8) is 0 Å². The zero-order valence-corrected chi connectivity index (χ0v) is 18.0. The summed E-state index contributed by atoms with van der Waals surface area (Å²) in [5.74, 6) is 0.469. The summed E-state index contributed by atoms with van der Waals surface area (Å²) in [6.45, 7) is 3.48. The molecule has 4 unspecified atom stereocenters. The summed E-state index contributed by atoms with van der Waals surface area (Å²) in [4.78, 5) is 32.1. The number of carbonyl (C=O) groups excluding carboxylic acids is 2. The van der Waals surface area contributed by atoms with E-state index >= 15 is 0 Å². The Hall–Kier alpha value is -1.83. The molecule has 2 amide bonds. The van der Waals surface area contributed by atoms with Gasteiger partial charge in [-0.1, -0.05) is 30.5 Å². The first kappa shape index (κ1) is 20.1. The molecule has 30 heavy (non-hydrogen) atoms. The highest BCUT2D eigenvalue weighted by molar-refractivity contribution is 6.30. The third-order valence-corrected chi connectivity index (χ3v) is 7.48. The number of nitrogens with one attached hydrogen (secondary N) is 2. The summed E-state index contributed by atoms with van der Waals surface area (Å²) < 4.78 is 0. The van der Waals surface area contributed by atoms with Gasteiger partial charge in [0.05, 0.1) is 12.1 Å². The van der Waals surface area contributed by atoms with Crippen molar-refractivity contribution in [1.29, 1.82) is 0 Å². The number of likely N-dealkylation sites (tertiary alicyclic amines) is 1. The van der Waals surface area contributed by atoms with Crippen LogP contribution in [0, 0.1) is 11.8 Å². The van der Waals surface area contributed by atoms with Crippen molar-refractivity contribution in [2.75, 3.05) is 37.6 Å². The van der Waals surface area contributed by atoms with Crippen molar-refractivity contribution in [1.82, 2.24) is 20.7 Å². The van der Waals surface area contributed by atoms with E-state index in [0.717, 1.165) is 36.6 Å². The summed E-state index contributed by atoms with van der Waals surface area (Å²) in [6, 6.07) is 8.30. The van der Waals surface area contributed by atoms with Crippen molar-refractivity contribution in [3.05, 3.63) is 29.3 Å². The monoisotopic (exact) mass is 431 g/mol. The van der Waals surface area contributed by atoms with Gasteiger partial charge in [0.25, 0.3) is 0 Å². The summed E-state index contributed by atoms with van der Waals surface area (Å²) >= 11 is 6.12. The fourth-order valence-electron chi connectivity index (χ4n) is 5.61. The molecular weight excluding hydrogens is 402 g/mol. The van der Waals surface area contributed by atoms with Crippen molar-refractivity contribution < 1.29 is 9.59 Å². The highest BCUT2D eigenvalue weighted by Gasteiger charge is 2.46. The number of halogens is 1. The molecule has 8 heteroatoms. The predicted octanol–water partition coefficient (Wildman–Crippen LogP) is 1.83. The van der Waals surface area contributed by atoms with Crippen LogP contribution in [-0.4, -0.2) is 66.5 Å². The molecular formula is C22H30ClN5O2. The van der Waals surface area contributed by atoms with Crippen molar-refractivity contribution in [3.8, 4) is 0 Å². The zero-order valence-electron chi connectivity index (χ0n) is 17.2. The molecule has 3 aliphatic heterocycles. The number of benzene rings is 1. The Morgan fingerprint density at radius 3 is 2.67 bits per heavy atom. The summed E-state index contributed by atoms with van der Waals surface area (Å²) in [5, 5.41) is 0.728. The third kappa shape index (κ3) is 3.79. The van der Waals surface area contributed by atoms with Gasteiger partial charge in [-0.2, -0.15) is 0 Å². The minimum absolute atomic E-state index is 0.0280. The molecule has 162 valence electrons. The molecule has 0 radical (unpaired) electrons. The molecule has 1 saturated carbocycles. The van der Waals surface area contributed by atoms with Gasteiger partial charge in [-0.05, 0) is 31.0 Å². The van der Waals surface area contributed by atoms with Crippen LogP contribution >= 0.6 is 11.6 Å². The Kier molecular flexibility index (Phi) is 5.60. The fourth-order valence-corrected chi connectivity index (χ4v) is 5.79. The average Bonchev–Trinajstić information content (AvgIpc) is 3.36. The second-order valence-corrected chi connectivity index (χ2v) is 9.46. The predicted molar refractivity (Wildman–Crippen MR) is 116 cm³/mol. The maximum atomic E-state index is 13.2. The summed E-state index contributed by atoms with van der Waals surface area (Å²) in [5.41, 5.74) is 7.83. The quantitative estimate of drug-likeness (QED) is 0.764. The third-order valence-electron chi connectivity index (χ3n) is 7.25. The number of hydrazine groups is 1. The fraction of sp³-hybridized carbons (Fsp3) is 0.636. The largest absolute Gasteiger partial charge is 0.368 e. The average molecular weight is 432 g/mol. The van der Waals surface area contributed by atoms with Crippen LogP contribution in [0.3, 0.4) is 0 Å². The molecule has 3 saturated heterocycles. The van der Waals surface area contributed by atoms with Gasteiger partial charge < -0.3 is 14.7 Å². The molecule has 1 aromatic carbocycles. The van der Waals surface area contributed by atoms with Gasteiger partial charge in [-0.3, -0.25) is 15.0 Å². The van der Waals surface area contributed by atoms with E-state index in [-0.39, 0.29) is 23.9 Å². The topological polar surface area (TPSA) is 67.9 Å². The first-order chi connectivity index (χ1) is 14.6. The number of hydrogen-bond donors (Lipinski definition) is 2. The highest BCUT2D eigenvalue weighted by atomic mass is 35.5. The van der Waals surface area contributed by atoms with E-state index in [2.05, 4.69) is 21.8 Å². The van der Waals surface area contributed by atoms with E-state index in [4.69, 9.17) is 11.6 Å². The molecule has 0 aromatic heterocycles. The van der Waals surface area contributed by atoms with Gasteiger partial charge >= 0.3 is 0 Å². The van der Waals surface area contributed by atoms with Crippen LogP contribution in [0.5, 0.6) is 0 Å². The Morgan fingerprint density at radius 1 is 1.07 bits per heavy atom. The molecule has 2 N–H and O–H groups in total. The van der Waals surface area contributed by atoms with Gasteiger partial charge in [-0.25, -0.2) is 5.43 Å². The van der Waals surface area contributed by atoms with E-state index < -0.39 is 0 Å². The number of nitrogens with zero attached hydrogens (tertiary/aromatic N) is 3. The van der Waals surface area contributed by atoms with E-state index in [1.807, 2.05) is 28.0 Å². The van der Waals surface area contributed by atoms with Crippen LogP contribution in [0.15, 0.2) is 24.3 Å². The van der Waals surface area contributed by atoms with Crippen LogP contribution in [0.4, 0.5) is 5.69 Å². The molecule has 4 aliphatic rings. The molecule has 4 atom stereocenters. The van der Waals surface area contributed by atoms with Gasteiger partial charge in [-0.15, -0.1) is 0 Å². The number of piperazine rings is 1. The van der Waals surface area contributed by atoms with Crippen LogP contribution in [0.1, 0.15) is 32.1 Å². The van der Waals surface area contributed by atoms with Gasteiger partial charge in [0.1, 0.15) is 0 Å². The van der Waals surface area contributed by atoms with E-state index in [9.17, 15) is 9.59 Å². The SMILES string of the molecule is O=C(C1CC(=O)N(C2NNC3CCCCC32)C1)N1CCN(c2cccc(Cl)c2)CC1. The summed E-state index contributed by atoms with van der Waals surface area (Å²) in [7, 11) is 0. The Balaban J connectivity index is 1.18. The smallest absolute Gasteiger partial charge is 0.228 e. The second-order valence-electron chi connectivity index (χ2n) is 9.03. The molecule has 4 fully saturated rings. The molecule has 0 spiro atoms. The van der Waals surface area contributed by atoms with Gasteiger partial charge in [0.15, 0.2) is 0 Å². The number of fused-ring (bicyclic) bond motifs is 1. The number of rotatable bonds is 3. The zero-order chi connectivity index (χ0) is 20.7. The Bertz CT molecular complexity index is 812.